The highest BCUT2D eigenvalue weighted by atomic mass is 32.1. The molecule has 2 aromatic heterocycles. The van der Waals surface area contributed by atoms with E-state index in [0.717, 1.165) is 52.4 Å². The van der Waals surface area contributed by atoms with Crippen LogP contribution < -0.4 is 9.80 Å². The third-order valence-corrected chi connectivity index (χ3v) is 16.3. The van der Waals surface area contributed by atoms with Gasteiger partial charge in [0, 0.05) is 76.2 Å². The summed E-state index contributed by atoms with van der Waals surface area (Å²) in [5.74, 6) is 0. The Bertz CT molecular complexity index is 3950. The highest BCUT2D eigenvalue weighted by molar-refractivity contribution is 7.25. The van der Waals surface area contributed by atoms with Gasteiger partial charge in [-0.1, -0.05) is 150 Å². The van der Waals surface area contributed by atoms with Gasteiger partial charge in [-0.3, -0.25) is 0 Å². The van der Waals surface area contributed by atoms with E-state index in [1.54, 1.807) is 0 Å². The van der Waals surface area contributed by atoms with Gasteiger partial charge in [-0.25, -0.2) is 0 Å². The average Bonchev–Trinajstić information content (AvgIpc) is 4.02. The second-order valence-corrected chi connectivity index (χ2v) is 22.0. The Balaban J connectivity index is 1.05. The average molecular weight is 934 g/mol. The molecule has 71 heavy (non-hydrogen) atoms. The van der Waals surface area contributed by atoms with Gasteiger partial charge >= 0.3 is 0 Å². The van der Waals surface area contributed by atoms with Crippen LogP contribution >= 0.6 is 11.3 Å². The van der Waals surface area contributed by atoms with E-state index in [4.69, 9.17) is 0 Å². The lowest BCUT2D eigenvalue weighted by Crippen LogP contribution is -2.19. The molecule has 344 valence electrons. The van der Waals surface area contributed by atoms with E-state index < -0.39 is 0 Å². The number of thiophene rings is 1. The summed E-state index contributed by atoms with van der Waals surface area (Å²) in [7, 11) is 0. The van der Waals surface area contributed by atoms with Crippen LogP contribution in [0.2, 0.25) is 0 Å². The van der Waals surface area contributed by atoms with Gasteiger partial charge in [0.25, 0.3) is 0 Å². The molecule has 0 atom stereocenters. The Hall–Kier alpha value is -7.92. The first-order valence-electron chi connectivity index (χ1n) is 25.1. The molecule has 3 nitrogen and oxygen atoms in total. The minimum Gasteiger partial charge on any atom is -0.311 e. The van der Waals surface area contributed by atoms with Gasteiger partial charge in [-0.05, 0) is 160 Å². The summed E-state index contributed by atoms with van der Waals surface area (Å²) >= 11 is 1.86. The Morgan fingerprint density at radius 2 is 1.14 bits per heavy atom. The Labute approximate surface area is 420 Å². The van der Waals surface area contributed by atoms with Gasteiger partial charge in [0.1, 0.15) is 0 Å². The van der Waals surface area contributed by atoms with Crippen LogP contribution in [0.25, 0.3) is 69.9 Å². The lowest BCUT2D eigenvalue weighted by molar-refractivity contribution is 0.590. The van der Waals surface area contributed by atoms with Crippen molar-refractivity contribution < 1.29 is 0 Å². The molecule has 0 N–H and O–H groups in total. The maximum atomic E-state index is 2.51. The number of anilines is 5. The van der Waals surface area contributed by atoms with Gasteiger partial charge < -0.3 is 14.4 Å². The normalized spacial score (nSPS) is 14.0. The number of rotatable bonds is 8. The van der Waals surface area contributed by atoms with Crippen LogP contribution in [0.3, 0.4) is 0 Å². The number of para-hydroxylation sites is 2. The fourth-order valence-electron chi connectivity index (χ4n) is 11.5. The minimum atomic E-state index is -0.144. The topological polar surface area (TPSA) is 11.4 Å². The summed E-state index contributed by atoms with van der Waals surface area (Å²) in [5.41, 5.74) is 19.3. The molecule has 0 unspecified atom stereocenters. The van der Waals surface area contributed by atoms with Crippen LogP contribution in [0, 0.1) is 0 Å². The molecule has 13 rings (SSSR count). The maximum Gasteiger partial charge on any atom is 0.0541 e. The van der Waals surface area contributed by atoms with Crippen molar-refractivity contribution in [3.05, 3.63) is 241 Å². The molecule has 2 aliphatic carbocycles. The lowest BCUT2D eigenvalue weighted by atomic mass is 9.82. The fourth-order valence-corrected chi connectivity index (χ4v) is 12.6. The van der Waals surface area contributed by atoms with E-state index in [9.17, 15) is 0 Å². The van der Waals surface area contributed by atoms with Crippen molar-refractivity contribution in [3.63, 3.8) is 0 Å². The van der Waals surface area contributed by atoms with Gasteiger partial charge in [0.2, 0.25) is 0 Å². The summed E-state index contributed by atoms with van der Waals surface area (Å²) in [4.78, 5) is 4.96. The third kappa shape index (κ3) is 7.23. The molecular formula is C67H55N3S. The first kappa shape index (κ1) is 43.1. The summed E-state index contributed by atoms with van der Waals surface area (Å²) in [6.07, 6.45) is 9.09. The lowest BCUT2D eigenvalue weighted by Gasteiger charge is -2.32. The predicted molar refractivity (Wildman–Crippen MR) is 305 cm³/mol. The molecule has 0 radical (unpaired) electrons. The molecule has 0 fully saturated rings. The van der Waals surface area contributed by atoms with Gasteiger partial charge in [-0.15, -0.1) is 11.3 Å². The van der Waals surface area contributed by atoms with Crippen LogP contribution in [-0.2, 0) is 10.8 Å². The Morgan fingerprint density at radius 1 is 0.465 bits per heavy atom. The zero-order chi connectivity index (χ0) is 48.0. The zero-order valence-electron chi connectivity index (χ0n) is 40.9. The number of hydrogen-bond donors (Lipinski definition) is 0. The molecule has 2 heterocycles. The summed E-state index contributed by atoms with van der Waals surface area (Å²) in [5, 5.41) is 5.04. The molecule has 0 bridgehead atoms. The summed E-state index contributed by atoms with van der Waals surface area (Å²) in [6.45, 7) is 11.6. The van der Waals surface area contributed by atoms with E-state index in [2.05, 4.69) is 267 Å². The van der Waals surface area contributed by atoms with Gasteiger partial charge in [0.15, 0.2) is 0 Å². The smallest absolute Gasteiger partial charge is 0.0541 e. The monoisotopic (exact) mass is 933 g/mol. The number of allylic oxidation sites excluding steroid dienone is 3. The van der Waals surface area contributed by atoms with E-state index in [0.29, 0.717) is 0 Å². The molecular weight excluding hydrogens is 879 g/mol. The Kier molecular flexibility index (Phi) is 10.1. The largest absolute Gasteiger partial charge is 0.311 e. The van der Waals surface area contributed by atoms with Gasteiger partial charge in [0.05, 0.1) is 11.0 Å². The van der Waals surface area contributed by atoms with Gasteiger partial charge in [-0.2, -0.15) is 0 Å². The van der Waals surface area contributed by atoms with Crippen molar-refractivity contribution in [1.82, 2.24) is 4.57 Å². The van der Waals surface area contributed by atoms with E-state index in [1.165, 1.54) is 81.2 Å². The molecule has 0 aliphatic heterocycles. The molecule has 0 spiro atoms. The van der Waals surface area contributed by atoms with Crippen LogP contribution in [0.15, 0.2) is 224 Å². The molecule has 2 aliphatic rings. The minimum absolute atomic E-state index is 0.0746. The van der Waals surface area contributed by atoms with Crippen molar-refractivity contribution in [2.24, 2.45) is 0 Å². The second kappa shape index (κ2) is 16.6. The molecule has 9 aromatic carbocycles. The van der Waals surface area contributed by atoms with Crippen molar-refractivity contribution in [1.29, 1.82) is 0 Å². The predicted octanol–water partition coefficient (Wildman–Crippen LogP) is 19.3. The number of fused-ring (bicyclic) bond motifs is 9. The van der Waals surface area contributed by atoms with Crippen LogP contribution in [0.1, 0.15) is 64.2 Å². The van der Waals surface area contributed by atoms with Crippen LogP contribution in [0.4, 0.5) is 28.4 Å². The third-order valence-electron chi connectivity index (χ3n) is 15.1. The molecule has 0 amide bonds. The highest BCUT2D eigenvalue weighted by Gasteiger charge is 2.36. The SMILES string of the molecule is CC(C)(C)c1ccc(-n2c3ccccc3c3cc(-c4cc(N(C5=CCCC=C5)c5ccc6c(c5)C(C)(C)c5ccccc5-6)cc(N(c5ccccc5)c5ccc6sc7ccccc7c6c5)c4)ccc32)cc1. The van der Waals surface area contributed by atoms with Crippen molar-refractivity contribution in [2.45, 2.75) is 58.3 Å². The Morgan fingerprint density at radius 3 is 1.94 bits per heavy atom. The number of aromatic nitrogens is 1. The van der Waals surface area contributed by atoms with E-state index in [1.807, 2.05) is 11.3 Å². The van der Waals surface area contributed by atoms with E-state index >= 15 is 0 Å². The first-order chi connectivity index (χ1) is 34.6. The number of hydrogen-bond acceptors (Lipinski definition) is 3. The van der Waals surface area contributed by atoms with Crippen molar-refractivity contribution in [2.75, 3.05) is 9.80 Å². The highest BCUT2D eigenvalue weighted by Crippen LogP contribution is 2.51. The quantitative estimate of drug-likeness (QED) is 0.150. The maximum absolute atomic E-state index is 2.51. The van der Waals surface area contributed by atoms with Crippen LogP contribution in [0.5, 0.6) is 0 Å². The summed E-state index contributed by atoms with van der Waals surface area (Å²) in [6, 6.07) is 75.2. The number of nitrogens with zero attached hydrogens (tertiary/aromatic N) is 3. The first-order valence-corrected chi connectivity index (χ1v) is 25.9. The number of benzene rings is 9. The zero-order valence-corrected chi connectivity index (χ0v) is 41.8. The van der Waals surface area contributed by atoms with Crippen molar-refractivity contribution >= 4 is 81.8 Å². The van der Waals surface area contributed by atoms with Crippen LogP contribution in [-0.4, -0.2) is 4.57 Å². The fraction of sp³-hybridized carbons (Fsp3) is 0.134. The molecule has 11 aromatic rings. The summed E-state index contributed by atoms with van der Waals surface area (Å²) < 4.78 is 5.03. The second-order valence-electron chi connectivity index (χ2n) is 20.9. The van der Waals surface area contributed by atoms with Crippen molar-refractivity contribution in [3.8, 4) is 27.9 Å². The standard InChI is InChI=1S/C67H55N3S/c1-66(2,3)46-29-31-49(32-30-46)70-62-26-16-13-23-56(62)58-40-44(28-36-63(58)70)45-38-52(68(47-18-8-6-9-19-47)50-34-37-65-59(42-50)57-24-14-17-27-64(57)71-65)41-53(39-45)69(48-20-10-7-11-21-48)51-33-35-55-54-22-12-15-25-60(54)67(4,5)61(55)43-51/h6,8-10,12-43H,7,11H2,1-5H3. The van der Waals surface area contributed by atoms with E-state index in [-0.39, 0.29) is 10.8 Å². The molecule has 4 heteroatoms. The molecule has 0 saturated heterocycles. The molecule has 0 saturated carbocycles.